The Morgan fingerprint density at radius 3 is 2.54 bits per heavy atom. The van der Waals surface area contributed by atoms with E-state index >= 15 is 0 Å². The lowest BCUT2D eigenvalue weighted by Crippen LogP contribution is -2.42. The largest absolute Gasteiger partial charge is 0.481 e. The standard InChI is InChI=1S/C16H20ClN3O6/c1-10(2)9-19(7-6-14(22)23)13(21)8-18-16(24)15-11(17)4-3-5-12(15)20(25)26/h3-5,10H,6-9H2,1-2H3,(H,18,24)(H,22,23). The van der Waals surface area contributed by atoms with Crippen LogP contribution in [0, 0.1) is 16.0 Å². The third-order valence-electron chi connectivity index (χ3n) is 3.35. The molecule has 1 aromatic rings. The lowest BCUT2D eigenvalue weighted by Gasteiger charge is -2.24. The summed E-state index contributed by atoms with van der Waals surface area (Å²) in [5.41, 5.74) is -0.791. The van der Waals surface area contributed by atoms with Crippen molar-refractivity contribution in [1.82, 2.24) is 10.2 Å². The van der Waals surface area contributed by atoms with E-state index in [0.717, 1.165) is 6.07 Å². The first-order valence-corrected chi connectivity index (χ1v) is 8.22. The van der Waals surface area contributed by atoms with E-state index in [0.29, 0.717) is 6.54 Å². The molecule has 0 spiro atoms. The summed E-state index contributed by atoms with van der Waals surface area (Å²) in [5, 5.41) is 22.0. The quantitative estimate of drug-likeness (QED) is 0.493. The number of halogens is 1. The molecule has 0 bridgehead atoms. The molecule has 9 nitrogen and oxygen atoms in total. The first-order chi connectivity index (χ1) is 12.1. The summed E-state index contributed by atoms with van der Waals surface area (Å²) < 4.78 is 0. The summed E-state index contributed by atoms with van der Waals surface area (Å²) in [5.74, 6) is -2.27. The molecule has 0 aliphatic rings. The van der Waals surface area contributed by atoms with Gasteiger partial charge in [0.15, 0.2) is 0 Å². The predicted octanol–water partition coefficient (Wildman–Crippen LogP) is 1.94. The number of carboxylic acids is 1. The first kappa shape index (κ1) is 21.4. The molecule has 0 saturated carbocycles. The van der Waals surface area contributed by atoms with E-state index in [9.17, 15) is 24.5 Å². The molecule has 142 valence electrons. The van der Waals surface area contributed by atoms with Crippen molar-refractivity contribution < 1.29 is 24.4 Å². The fourth-order valence-electron chi connectivity index (χ4n) is 2.23. The number of nitrogens with one attached hydrogen (secondary N) is 1. The van der Waals surface area contributed by atoms with Gasteiger partial charge < -0.3 is 15.3 Å². The van der Waals surface area contributed by atoms with E-state index < -0.39 is 34.9 Å². The van der Waals surface area contributed by atoms with Gasteiger partial charge in [0.2, 0.25) is 5.91 Å². The van der Waals surface area contributed by atoms with Gasteiger partial charge in [0.25, 0.3) is 11.6 Å². The Morgan fingerprint density at radius 2 is 2.00 bits per heavy atom. The SMILES string of the molecule is CC(C)CN(CCC(=O)O)C(=O)CNC(=O)c1c(Cl)cccc1[N+](=O)[O-]. The van der Waals surface area contributed by atoms with Gasteiger partial charge in [-0.2, -0.15) is 0 Å². The second-order valence-electron chi connectivity index (χ2n) is 5.95. The van der Waals surface area contributed by atoms with Crippen molar-refractivity contribution in [1.29, 1.82) is 0 Å². The summed E-state index contributed by atoms with van der Waals surface area (Å²) in [6.45, 7) is 3.65. The van der Waals surface area contributed by atoms with Gasteiger partial charge in [0.05, 0.1) is 22.9 Å². The van der Waals surface area contributed by atoms with Gasteiger partial charge in [-0.15, -0.1) is 0 Å². The fourth-order valence-corrected chi connectivity index (χ4v) is 2.49. The second-order valence-corrected chi connectivity index (χ2v) is 6.36. The van der Waals surface area contributed by atoms with Crippen LogP contribution < -0.4 is 5.32 Å². The number of nitro groups is 1. The van der Waals surface area contributed by atoms with Crippen LogP contribution in [0.3, 0.4) is 0 Å². The number of carbonyl (C=O) groups excluding carboxylic acids is 2. The average molecular weight is 386 g/mol. The molecule has 1 rings (SSSR count). The molecule has 0 aliphatic carbocycles. The van der Waals surface area contributed by atoms with Crippen LogP contribution in [0.1, 0.15) is 30.6 Å². The van der Waals surface area contributed by atoms with Crippen molar-refractivity contribution in [2.75, 3.05) is 19.6 Å². The predicted molar refractivity (Wildman–Crippen MR) is 94.1 cm³/mol. The van der Waals surface area contributed by atoms with Crippen LogP contribution in [0.15, 0.2) is 18.2 Å². The third-order valence-corrected chi connectivity index (χ3v) is 3.66. The maximum atomic E-state index is 12.3. The van der Waals surface area contributed by atoms with Crippen LogP contribution >= 0.6 is 11.6 Å². The first-order valence-electron chi connectivity index (χ1n) is 7.84. The van der Waals surface area contributed by atoms with Gasteiger partial charge in [-0.1, -0.05) is 31.5 Å². The van der Waals surface area contributed by atoms with Crippen molar-refractivity contribution in [3.63, 3.8) is 0 Å². The van der Waals surface area contributed by atoms with E-state index in [1.165, 1.54) is 17.0 Å². The van der Waals surface area contributed by atoms with Gasteiger partial charge in [-0.25, -0.2) is 0 Å². The summed E-state index contributed by atoms with van der Waals surface area (Å²) in [6.07, 6.45) is -0.220. The summed E-state index contributed by atoms with van der Waals surface area (Å²) in [7, 11) is 0. The lowest BCUT2D eigenvalue weighted by atomic mass is 10.1. The maximum Gasteiger partial charge on any atom is 0.305 e. The smallest absolute Gasteiger partial charge is 0.305 e. The van der Waals surface area contributed by atoms with Crippen molar-refractivity contribution >= 4 is 35.1 Å². The number of hydrogen-bond donors (Lipinski definition) is 2. The van der Waals surface area contributed by atoms with Gasteiger partial charge in [-0.3, -0.25) is 24.5 Å². The number of aliphatic carboxylic acids is 1. The lowest BCUT2D eigenvalue weighted by molar-refractivity contribution is -0.385. The van der Waals surface area contributed by atoms with Gasteiger partial charge in [0.1, 0.15) is 5.56 Å². The van der Waals surface area contributed by atoms with Crippen LogP contribution in [-0.4, -0.2) is 52.3 Å². The van der Waals surface area contributed by atoms with Crippen LogP contribution in [0.2, 0.25) is 5.02 Å². The number of amides is 2. The van der Waals surface area contributed by atoms with Crippen LogP contribution in [0.4, 0.5) is 5.69 Å². The highest BCUT2D eigenvalue weighted by Crippen LogP contribution is 2.25. The normalized spacial score (nSPS) is 10.5. The van der Waals surface area contributed by atoms with Gasteiger partial charge in [-0.05, 0) is 12.0 Å². The topological polar surface area (TPSA) is 130 Å². The third kappa shape index (κ3) is 6.32. The fraction of sp³-hybridized carbons (Fsp3) is 0.438. The zero-order chi connectivity index (χ0) is 19.9. The number of carbonyl (C=O) groups is 3. The van der Waals surface area contributed by atoms with Crippen LogP contribution in [0.5, 0.6) is 0 Å². The number of nitrogens with zero attached hydrogens (tertiary/aromatic N) is 2. The Kier molecular flexibility index (Phi) is 7.98. The Bertz CT molecular complexity index is 707. The molecular formula is C16H20ClN3O6. The summed E-state index contributed by atoms with van der Waals surface area (Å²) in [6, 6.07) is 3.82. The Hall–Kier alpha value is -2.68. The molecule has 1 aromatic carbocycles. The molecule has 0 radical (unpaired) electrons. The summed E-state index contributed by atoms with van der Waals surface area (Å²) >= 11 is 5.87. The van der Waals surface area contributed by atoms with E-state index in [-0.39, 0.29) is 29.5 Å². The number of rotatable bonds is 9. The molecule has 10 heteroatoms. The number of carboxylic acid groups (broad SMARTS) is 1. The highest BCUT2D eigenvalue weighted by molar-refractivity contribution is 6.34. The van der Waals surface area contributed by atoms with Gasteiger partial charge in [0, 0.05) is 19.2 Å². The molecule has 2 N–H and O–H groups in total. The van der Waals surface area contributed by atoms with Crippen molar-refractivity contribution in [3.8, 4) is 0 Å². The molecule has 26 heavy (non-hydrogen) atoms. The van der Waals surface area contributed by atoms with Crippen molar-refractivity contribution in [2.24, 2.45) is 5.92 Å². The molecule has 0 saturated heterocycles. The van der Waals surface area contributed by atoms with Crippen molar-refractivity contribution in [3.05, 3.63) is 38.9 Å². The van der Waals surface area contributed by atoms with E-state index in [4.69, 9.17) is 16.7 Å². The van der Waals surface area contributed by atoms with E-state index in [1.807, 2.05) is 13.8 Å². The minimum Gasteiger partial charge on any atom is -0.481 e. The Balaban J connectivity index is 2.83. The Morgan fingerprint density at radius 1 is 1.35 bits per heavy atom. The minimum atomic E-state index is -1.04. The summed E-state index contributed by atoms with van der Waals surface area (Å²) in [4.78, 5) is 46.9. The number of benzene rings is 1. The Labute approximate surface area is 155 Å². The molecule has 2 amide bonds. The molecule has 0 aliphatic heterocycles. The van der Waals surface area contributed by atoms with Crippen LogP contribution in [-0.2, 0) is 9.59 Å². The number of nitro benzene ring substituents is 1. The van der Waals surface area contributed by atoms with Crippen LogP contribution in [0.25, 0.3) is 0 Å². The second kappa shape index (κ2) is 9.71. The highest BCUT2D eigenvalue weighted by Gasteiger charge is 2.24. The maximum absolute atomic E-state index is 12.3. The minimum absolute atomic E-state index is 0.00839. The molecule has 0 heterocycles. The zero-order valence-electron chi connectivity index (χ0n) is 14.4. The van der Waals surface area contributed by atoms with Crippen molar-refractivity contribution in [2.45, 2.75) is 20.3 Å². The molecule has 0 fully saturated rings. The number of hydrogen-bond acceptors (Lipinski definition) is 5. The van der Waals surface area contributed by atoms with E-state index in [1.54, 1.807) is 0 Å². The molecule has 0 aromatic heterocycles. The van der Waals surface area contributed by atoms with E-state index in [2.05, 4.69) is 5.32 Å². The average Bonchev–Trinajstić information content (AvgIpc) is 2.55. The van der Waals surface area contributed by atoms with Gasteiger partial charge >= 0.3 is 5.97 Å². The molecule has 0 atom stereocenters. The molecular weight excluding hydrogens is 366 g/mol. The highest BCUT2D eigenvalue weighted by atomic mass is 35.5. The zero-order valence-corrected chi connectivity index (χ0v) is 15.2. The molecule has 0 unspecified atom stereocenters. The monoisotopic (exact) mass is 385 g/mol.